The maximum absolute atomic E-state index is 12.2. The molecule has 5 heteroatoms. The molecule has 0 bridgehead atoms. The zero-order chi connectivity index (χ0) is 14.4. The summed E-state index contributed by atoms with van der Waals surface area (Å²) in [6, 6.07) is 0.479. The third-order valence-electron chi connectivity index (χ3n) is 4.26. The number of rotatable bonds is 5. The van der Waals surface area contributed by atoms with E-state index in [4.69, 9.17) is 5.73 Å². The molecule has 1 aromatic heterocycles. The maximum atomic E-state index is 12.2. The summed E-state index contributed by atoms with van der Waals surface area (Å²) in [5.41, 5.74) is 8.19. The Morgan fingerprint density at radius 2 is 2.00 bits per heavy atom. The lowest BCUT2D eigenvalue weighted by Crippen LogP contribution is -2.21. The van der Waals surface area contributed by atoms with Crippen molar-refractivity contribution in [2.75, 3.05) is 25.1 Å². The van der Waals surface area contributed by atoms with E-state index >= 15 is 0 Å². The van der Waals surface area contributed by atoms with E-state index in [0.717, 1.165) is 10.9 Å². The van der Waals surface area contributed by atoms with Gasteiger partial charge in [-0.3, -0.25) is 4.79 Å². The van der Waals surface area contributed by atoms with E-state index in [1.165, 1.54) is 42.6 Å². The number of hydrogen-bond acceptors (Lipinski definition) is 4. The van der Waals surface area contributed by atoms with Gasteiger partial charge in [0.05, 0.1) is 10.7 Å². The first-order valence-electron chi connectivity index (χ1n) is 7.39. The van der Waals surface area contributed by atoms with E-state index < -0.39 is 0 Å². The van der Waals surface area contributed by atoms with Crippen LogP contribution >= 0.6 is 11.3 Å². The molecule has 1 aromatic rings. The Kier molecular flexibility index (Phi) is 3.40. The molecule has 0 aromatic carbocycles. The van der Waals surface area contributed by atoms with Crippen molar-refractivity contribution in [1.29, 1.82) is 0 Å². The van der Waals surface area contributed by atoms with Gasteiger partial charge in [0.25, 0.3) is 5.91 Å². The quantitative estimate of drug-likeness (QED) is 0.877. The van der Waals surface area contributed by atoms with Crippen LogP contribution in [0.15, 0.2) is 0 Å². The van der Waals surface area contributed by atoms with Crippen LogP contribution in [0.5, 0.6) is 0 Å². The van der Waals surface area contributed by atoms with Crippen LogP contribution in [0.1, 0.15) is 53.8 Å². The van der Waals surface area contributed by atoms with Crippen molar-refractivity contribution in [2.45, 2.75) is 44.6 Å². The number of thiophene rings is 1. The first-order chi connectivity index (χ1) is 9.49. The molecular formula is C15H23N3OS. The predicted molar refractivity (Wildman–Crippen MR) is 84.5 cm³/mol. The second-order valence-electron chi connectivity index (χ2n) is 6.33. The number of nitrogens with two attached hydrogens (primary N) is 1. The summed E-state index contributed by atoms with van der Waals surface area (Å²) in [6.45, 7) is 2.23. The molecule has 0 radical (unpaired) electrons. The third-order valence-corrected chi connectivity index (χ3v) is 5.40. The summed E-state index contributed by atoms with van der Waals surface area (Å²) < 4.78 is 0. The van der Waals surface area contributed by atoms with Gasteiger partial charge < -0.3 is 16.0 Å². The van der Waals surface area contributed by atoms with E-state index in [-0.39, 0.29) is 5.91 Å². The smallest absolute Gasteiger partial charge is 0.265 e. The van der Waals surface area contributed by atoms with E-state index in [2.05, 4.69) is 12.2 Å². The van der Waals surface area contributed by atoms with Gasteiger partial charge in [-0.2, -0.15) is 0 Å². The molecule has 3 N–H and O–H groups in total. The Morgan fingerprint density at radius 1 is 1.35 bits per heavy atom. The molecule has 0 saturated heterocycles. The minimum Gasteiger partial charge on any atom is -0.397 e. The summed E-state index contributed by atoms with van der Waals surface area (Å²) in [6.07, 6.45) is 5.03. The summed E-state index contributed by atoms with van der Waals surface area (Å²) in [4.78, 5) is 14.5. The fraction of sp³-hybridized carbons (Fsp3) is 0.667. The van der Waals surface area contributed by atoms with Gasteiger partial charge in [-0.25, -0.2) is 0 Å². The van der Waals surface area contributed by atoms with E-state index in [9.17, 15) is 4.79 Å². The van der Waals surface area contributed by atoms with Crippen LogP contribution in [0.25, 0.3) is 0 Å². The number of nitrogens with one attached hydrogen (secondary N) is 1. The van der Waals surface area contributed by atoms with Crippen molar-refractivity contribution in [3.63, 3.8) is 0 Å². The van der Waals surface area contributed by atoms with Gasteiger partial charge in [-0.1, -0.05) is 0 Å². The van der Waals surface area contributed by atoms with Gasteiger partial charge in [0, 0.05) is 25.7 Å². The molecule has 2 saturated carbocycles. The fourth-order valence-corrected chi connectivity index (χ4v) is 3.95. The standard InChI is InChI=1S/C15H23N3OS/c1-8(9-4-5-9)17-14-11(10-6-7-10)12(16)13(20-14)15(19)18(2)3/h8-10,17H,4-7,16H2,1-3H3. The van der Waals surface area contributed by atoms with Crippen LogP contribution in [0, 0.1) is 5.92 Å². The summed E-state index contributed by atoms with van der Waals surface area (Å²) >= 11 is 1.54. The highest BCUT2D eigenvalue weighted by atomic mass is 32.1. The summed E-state index contributed by atoms with van der Waals surface area (Å²) in [7, 11) is 3.55. The molecule has 1 unspecified atom stereocenters. The number of carbonyl (C=O) groups excluding carboxylic acids is 1. The molecule has 1 atom stereocenters. The number of hydrogen-bond donors (Lipinski definition) is 2. The molecule has 2 aliphatic rings. The normalized spacial score (nSPS) is 19.8. The van der Waals surface area contributed by atoms with E-state index in [1.807, 2.05) is 0 Å². The molecule has 0 aliphatic heterocycles. The molecule has 2 fully saturated rings. The Bertz CT molecular complexity index is 529. The lowest BCUT2D eigenvalue weighted by molar-refractivity contribution is 0.0833. The SMILES string of the molecule is CC(Nc1sc(C(=O)N(C)C)c(N)c1C1CC1)C1CC1. The first kappa shape index (κ1) is 13.7. The number of anilines is 2. The number of nitrogen functional groups attached to an aromatic ring is 1. The largest absolute Gasteiger partial charge is 0.397 e. The fourth-order valence-electron chi connectivity index (χ4n) is 2.62. The van der Waals surface area contributed by atoms with E-state index in [0.29, 0.717) is 22.5 Å². The monoisotopic (exact) mass is 293 g/mol. The number of amides is 1. The highest BCUT2D eigenvalue weighted by Gasteiger charge is 2.35. The van der Waals surface area contributed by atoms with Crippen LogP contribution < -0.4 is 11.1 Å². The second-order valence-corrected chi connectivity index (χ2v) is 7.35. The van der Waals surface area contributed by atoms with Crippen molar-refractivity contribution < 1.29 is 4.79 Å². The Hall–Kier alpha value is -1.23. The molecule has 3 rings (SSSR count). The molecule has 1 amide bonds. The van der Waals surface area contributed by atoms with Crippen LogP contribution in [0.2, 0.25) is 0 Å². The average molecular weight is 293 g/mol. The van der Waals surface area contributed by atoms with Crippen LogP contribution in [-0.4, -0.2) is 30.9 Å². The number of nitrogens with zero attached hydrogens (tertiary/aromatic N) is 1. The highest BCUT2D eigenvalue weighted by molar-refractivity contribution is 7.18. The van der Waals surface area contributed by atoms with Gasteiger partial charge in [-0.15, -0.1) is 11.3 Å². The minimum absolute atomic E-state index is 0.0153. The second kappa shape index (κ2) is 4.95. The van der Waals surface area contributed by atoms with Crippen LogP contribution in [0.4, 0.5) is 10.7 Å². The highest BCUT2D eigenvalue weighted by Crippen LogP contribution is 2.51. The Balaban J connectivity index is 1.90. The van der Waals surface area contributed by atoms with Gasteiger partial charge >= 0.3 is 0 Å². The first-order valence-corrected chi connectivity index (χ1v) is 8.21. The Labute approximate surface area is 124 Å². The molecule has 110 valence electrons. The lowest BCUT2D eigenvalue weighted by Gasteiger charge is -2.14. The summed E-state index contributed by atoms with van der Waals surface area (Å²) in [5, 5.41) is 4.75. The molecule has 4 nitrogen and oxygen atoms in total. The van der Waals surface area contributed by atoms with E-state index in [1.54, 1.807) is 19.0 Å². The van der Waals surface area contributed by atoms with Gasteiger partial charge in [0.2, 0.25) is 0 Å². The molecule has 20 heavy (non-hydrogen) atoms. The predicted octanol–water partition coefficient (Wildman–Crippen LogP) is 3.12. The molecule has 1 heterocycles. The third kappa shape index (κ3) is 2.51. The zero-order valence-electron chi connectivity index (χ0n) is 12.4. The Morgan fingerprint density at radius 3 is 2.50 bits per heavy atom. The van der Waals surface area contributed by atoms with Crippen molar-refractivity contribution in [3.05, 3.63) is 10.4 Å². The average Bonchev–Trinajstić information content (AvgIpc) is 3.26. The van der Waals surface area contributed by atoms with Crippen molar-refractivity contribution in [3.8, 4) is 0 Å². The minimum atomic E-state index is 0.0153. The van der Waals surface area contributed by atoms with Crippen molar-refractivity contribution in [1.82, 2.24) is 4.90 Å². The molecule has 2 aliphatic carbocycles. The topological polar surface area (TPSA) is 58.4 Å². The van der Waals surface area contributed by atoms with Gasteiger partial charge in [-0.05, 0) is 44.4 Å². The summed E-state index contributed by atoms with van der Waals surface area (Å²) in [5.74, 6) is 1.36. The lowest BCUT2D eigenvalue weighted by atomic mass is 10.1. The van der Waals surface area contributed by atoms with Gasteiger partial charge in [0.15, 0.2) is 0 Å². The number of carbonyl (C=O) groups is 1. The maximum Gasteiger partial charge on any atom is 0.265 e. The van der Waals surface area contributed by atoms with Gasteiger partial charge in [0.1, 0.15) is 4.88 Å². The molecular weight excluding hydrogens is 270 g/mol. The van der Waals surface area contributed by atoms with Crippen LogP contribution in [0.3, 0.4) is 0 Å². The van der Waals surface area contributed by atoms with Crippen LogP contribution in [-0.2, 0) is 0 Å². The zero-order valence-corrected chi connectivity index (χ0v) is 13.2. The van der Waals surface area contributed by atoms with Crippen molar-refractivity contribution in [2.24, 2.45) is 5.92 Å². The van der Waals surface area contributed by atoms with Crippen molar-refractivity contribution >= 4 is 27.9 Å². The molecule has 0 spiro atoms.